The second-order valence-electron chi connectivity index (χ2n) is 3.49. The molecule has 1 unspecified atom stereocenters. The molecule has 0 aliphatic carbocycles. The van der Waals surface area contributed by atoms with Crippen LogP contribution in [0.15, 0.2) is 24.3 Å². The van der Waals surface area contributed by atoms with E-state index < -0.39 is 5.97 Å². The van der Waals surface area contributed by atoms with Gasteiger partial charge in [-0.25, -0.2) is 4.79 Å². The lowest BCUT2D eigenvalue weighted by Gasteiger charge is -2.06. The lowest BCUT2D eigenvalue weighted by Crippen LogP contribution is -1.97. The van der Waals surface area contributed by atoms with E-state index in [-0.39, 0.29) is 0 Å². The number of rotatable bonds is 5. The highest BCUT2D eigenvalue weighted by Crippen LogP contribution is 2.19. The molecule has 0 bridgehead atoms. The van der Waals surface area contributed by atoms with Crippen molar-refractivity contribution in [2.75, 3.05) is 0 Å². The molecule has 0 aliphatic heterocycles. The molecule has 1 rings (SSSR count). The Labute approximate surface area is 99.1 Å². The lowest BCUT2D eigenvalue weighted by atomic mass is 10.1. The van der Waals surface area contributed by atoms with Crippen LogP contribution >= 0.6 is 11.8 Å². The topological polar surface area (TPSA) is 61.1 Å². The second-order valence-corrected chi connectivity index (χ2v) is 4.91. The quantitative estimate of drug-likeness (QED) is 0.852. The van der Waals surface area contributed by atoms with Gasteiger partial charge in [-0.3, -0.25) is 0 Å². The number of carboxylic acids is 1. The van der Waals surface area contributed by atoms with Crippen molar-refractivity contribution in [3.63, 3.8) is 0 Å². The van der Waals surface area contributed by atoms with E-state index in [0.29, 0.717) is 17.2 Å². The summed E-state index contributed by atoms with van der Waals surface area (Å²) < 4.78 is 0. The zero-order chi connectivity index (χ0) is 12.0. The van der Waals surface area contributed by atoms with E-state index in [9.17, 15) is 4.79 Å². The Hall–Kier alpha value is -1.47. The van der Waals surface area contributed by atoms with Crippen LogP contribution in [-0.4, -0.2) is 16.3 Å². The molecule has 1 aromatic rings. The van der Waals surface area contributed by atoms with Crippen molar-refractivity contribution in [3.8, 4) is 6.07 Å². The molecule has 0 saturated heterocycles. The van der Waals surface area contributed by atoms with Gasteiger partial charge >= 0.3 is 5.97 Å². The predicted octanol–water partition coefficient (Wildman–Crippen LogP) is 2.92. The van der Waals surface area contributed by atoms with Crippen molar-refractivity contribution in [1.82, 2.24) is 0 Å². The van der Waals surface area contributed by atoms with Crippen LogP contribution in [0, 0.1) is 11.3 Å². The summed E-state index contributed by atoms with van der Waals surface area (Å²) in [6.45, 7) is 2.01. The van der Waals surface area contributed by atoms with Crippen LogP contribution in [-0.2, 0) is 5.75 Å². The number of aromatic carboxylic acids is 1. The van der Waals surface area contributed by atoms with Gasteiger partial charge in [0.1, 0.15) is 0 Å². The number of nitrogens with zero attached hydrogens (tertiary/aromatic N) is 1. The van der Waals surface area contributed by atoms with Crippen molar-refractivity contribution in [2.45, 2.75) is 24.3 Å². The zero-order valence-electron chi connectivity index (χ0n) is 9.01. The van der Waals surface area contributed by atoms with E-state index in [1.807, 2.05) is 19.1 Å². The van der Waals surface area contributed by atoms with Crippen LogP contribution in [0.4, 0.5) is 0 Å². The normalized spacial score (nSPS) is 11.8. The number of carbonyl (C=O) groups is 1. The maximum atomic E-state index is 10.6. The fourth-order valence-electron chi connectivity index (χ4n) is 1.17. The third kappa shape index (κ3) is 3.95. The molecule has 0 aliphatic rings. The number of nitriles is 1. The number of carboxylic acid groups (broad SMARTS) is 1. The van der Waals surface area contributed by atoms with Crippen LogP contribution in [0.3, 0.4) is 0 Å². The third-order valence-corrected chi connectivity index (χ3v) is 3.35. The number of benzene rings is 1. The van der Waals surface area contributed by atoms with Gasteiger partial charge < -0.3 is 5.11 Å². The standard InChI is InChI=1S/C12H13NO2S/c1-9(6-7-13)16-8-10-2-4-11(5-3-10)12(14)15/h2-5,9H,6,8H2,1H3,(H,14,15). The van der Waals surface area contributed by atoms with E-state index in [1.165, 1.54) is 0 Å². The summed E-state index contributed by atoms with van der Waals surface area (Å²) in [5, 5.41) is 17.5. The van der Waals surface area contributed by atoms with E-state index in [4.69, 9.17) is 10.4 Å². The molecule has 1 aromatic carbocycles. The summed E-state index contributed by atoms with van der Waals surface area (Å²) in [5.41, 5.74) is 1.39. The van der Waals surface area contributed by atoms with Gasteiger partial charge in [0.05, 0.1) is 11.6 Å². The Balaban J connectivity index is 2.50. The van der Waals surface area contributed by atoms with Crippen molar-refractivity contribution in [1.29, 1.82) is 5.26 Å². The lowest BCUT2D eigenvalue weighted by molar-refractivity contribution is 0.0697. The number of hydrogen-bond donors (Lipinski definition) is 1. The molecule has 0 saturated carbocycles. The van der Waals surface area contributed by atoms with Crippen molar-refractivity contribution in [2.24, 2.45) is 0 Å². The predicted molar refractivity (Wildman–Crippen MR) is 64.4 cm³/mol. The van der Waals surface area contributed by atoms with Gasteiger partial charge in [-0.2, -0.15) is 17.0 Å². The van der Waals surface area contributed by atoms with Crippen molar-refractivity contribution in [3.05, 3.63) is 35.4 Å². The summed E-state index contributed by atoms with van der Waals surface area (Å²) in [6, 6.07) is 8.97. The van der Waals surface area contributed by atoms with E-state index >= 15 is 0 Å². The molecule has 16 heavy (non-hydrogen) atoms. The minimum absolute atomic E-state index is 0.304. The van der Waals surface area contributed by atoms with Gasteiger partial charge in [-0.1, -0.05) is 19.1 Å². The summed E-state index contributed by atoms with van der Waals surface area (Å²) in [7, 11) is 0. The monoisotopic (exact) mass is 235 g/mol. The molecule has 3 nitrogen and oxygen atoms in total. The largest absolute Gasteiger partial charge is 0.478 e. The molecule has 1 atom stereocenters. The highest BCUT2D eigenvalue weighted by Gasteiger charge is 2.04. The molecule has 0 fully saturated rings. The third-order valence-electron chi connectivity index (χ3n) is 2.11. The van der Waals surface area contributed by atoms with Crippen molar-refractivity contribution >= 4 is 17.7 Å². The maximum absolute atomic E-state index is 10.6. The first-order chi connectivity index (χ1) is 7.63. The van der Waals surface area contributed by atoms with Crippen LogP contribution in [0.2, 0.25) is 0 Å². The molecular weight excluding hydrogens is 222 g/mol. The first-order valence-corrected chi connectivity index (χ1v) is 5.99. The maximum Gasteiger partial charge on any atom is 0.335 e. The van der Waals surface area contributed by atoms with E-state index in [2.05, 4.69) is 6.07 Å². The van der Waals surface area contributed by atoms with Gasteiger partial charge in [0, 0.05) is 17.4 Å². The number of hydrogen-bond acceptors (Lipinski definition) is 3. The minimum atomic E-state index is -0.906. The molecule has 0 spiro atoms. The van der Waals surface area contributed by atoms with Gasteiger partial charge in [0.25, 0.3) is 0 Å². The molecule has 4 heteroatoms. The molecular formula is C12H13NO2S. The Morgan fingerprint density at radius 2 is 2.12 bits per heavy atom. The molecule has 1 N–H and O–H groups in total. The summed E-state index contributed by atoms with van der Waals surface area (Å²) in [6.07, 6.45) is 0.540. The van der Waals surface area contributed by atoms with Crippen LogP contribution in [0.1, 0.15) is 29.3 Å². The van der Waals surface area contributed by atoms with Gasteiger partial charge in [0.15, 0.2) is 0 Å². The zero-order valence-corrected chi connectivity index (χ0v) is 9.83. The molecule has 0 heterocycles. The van der Waals surface area contributed by atoms with Gasteiger partial charge in [-0.15, -0.1) is 0 Å². The van der Waals surface area contributed by atoms with Crippen LogP contribution in [0.25, 0.3) is 0 Å². The minimum Gasteiger partial charge on any atom is -0.478 e. The fraction of sp³-hybridized carbons (Fsp3) is 0.333. The average Bonchev–Trinajstić information content (AvgIpc) is 2.27. The fourth-order valence-corrected chi connectivity index (χ4v) is 2.03. The first kappa shape index (κ1) is 12.6. The van der Waals surface area contributed by atoms with Gasteiger partial charge in [0.2, 0.25) is 0 Å². The summed E-state index contributed by atoms with van der Waals surface area (Å²) in [4.78, 5) is 10.6. The van der Waals surface area contributed by atoms with Crippen molar-refractivity contribution < 1.29 is 9.90 Å². The molecule has 84 valence electrons. The van der Waals surface area contributed by atoms with Gasteiger partial charge in [-0.05, 0) is 17.7 Å². The molecule has 0 aromatic heterocycles. The van der Waals surface area contributed by atoms with Crippen LogP contribution in [0.5, 0.6) is 0 Å². The Kier molecular flexibility index (Phi) is 4.87. The highest BCUT2D eigenvalue weighted by molar-refractivity contribution is 7.99. The highest BCUT2D eigenvalue weighted by atomic mass is 32.2. The smallest absolute Gasteiger partial charge is 0.335 e. The van der Waals surface area contributed by atoms with Crippen LogP contribution < -0.4 is 0 Å². The summed E-state index contributed by atoms with van der Waals surface area (Å²) in [5.74, 6) is -0.0972. The second kappa shape index (κ2) is 6.19. The van der Waals surface area contributed by atoms with E-state index in [1.54, 1.807) is 23.9 Å². The van der Waals surface area contributed by atoms with E-state index in [0.717, 1.165) is 11.3 Å². The Morgan fingerprint density at radius 3 is 2.62 bits per heavy atom. The Bertz CT molecular complexity index is 394. The summed E-state index contributed by atoms with van der Waals surface area (Å²) >= 11 is 1.70. The first-order valence-electron chi connectivity index (χ1n) is 4.94. The Morgan fingerprint density at radius 1 is 1.50 bits per heavy atom. The SMILES string of the molecule is CC(CC#N)SCc1ccc(C(=O)O)cc1. The molecule has 0 amide bonds. The number of thioether (sulfide) groups is 1. The average molecular weight is 235 g/mol. The molecule has 0 radical (unpaired) electrons.